The first-order valence-electron chi connectivity index (χ1n) is 29.5. The van der Waals surface area contributed by atoms with Crippen LogP contribution in [-0.2, 0) is 10.8 Å². The molecule has 2 aliphatic carbocycles. The second-order valence-corrected chi connectivity index (χ2v) is 26.1. The Morgan fingerprint density at radius 2 is 0.824 bits per heavy atom. The van der Waals surface area contributed by atoms with Crippen LogP contribution >= 0.6 is 22.7 Å². The Morgan fingerprint density at radius 3 is 1.44 bits per heavy atom. The van der Waals surface area contributed by atoms with Gasteiger partial charge in [0.2, 0.25) is 0 Å². The van der Waals surface area contributed by atoms with E-state index in [1.807, 2.05) is 22.7 Å². The summed E-state index contributed by atoms with van der Waals surface area (Å²) in [6.45, 7) is 9.21. The van der Waals surface area contributed by atoms with Crippen molar-refractivity contribution in [2.24, 2.45) is 0 Å². The molecule has 1 spiro atoms. The lowest BCUT2D eigenvalue weighted by Crippen LogP contribution is -2.40. The van der Waals surface area contributed by atoms with Gasteiger partial charge in [-0.3, -0.25) is 0 Å². The van der Waals surface area contributed by atoms with Crippen molar-refractivity contribution < 1.29 is 4.42 Å². The number of thiophene rings is 2. The molecule has 13 aromatic carbocycles. The first-order valence-corrected chi connectivity index (χ1v) is 31.1. The van der Waals surface area contributed by atoms with Gasteiger partial charge in [-0.1, -0.05) is 207 Å². The van der Waals surface area contributed by atoms with Crippen molar-refractivity contribution >= 4 is 141 Å². The normalized spacial score (nSPS) is 13.8. The minimum absolute atomic E-state index is 0.319. The van der Waals surface area contributed by atoms with Crippen molar-refractivity contribution in [1.29, 1.82) is 0 Å². The highest BCUT2D eigenvalue weighted by Gasteiger charge is 2.56. The van der Waals surface area contributed by atoms with Crippen LogP contribution in [0.1, 0.15) is 58.4 Å². The number of rotatable bonds is 6. The summed E-state index contributed by atoms with van der Waals surface area (Å²) >= 11 is 3.75. The van der Waals surface area contributed by atoms with E-state index in [1.54, 1.807) is 0 Å². The molecule has 0 bridgehead atoms. The number of fused-ring (bicyclic) bond motifs is 24. The minimum atomic E-state index is -0.818. The predicted octanol–water partition coefficient (Wildman–Crippen LogP) is 23.2. The van der Waals surface area contributed by atoms with E-state index >= 15 is 0 Å². The van der Waals surface area contributed by atoms with Crippen molar-refractivity contribution in [2.75, 3.05) is 9.80 Å². The molecular formula is C80H54N2OS2. The van der Waals surface area contributed by atoms with Gasteiger partial charge >= 0.3 is 0 Å². The molecule has 3 aromatic heterocycles. The number of hydrogen-bond acceptors (Lipinski definition) is 5. The summed E-state index contributed by atoms with van der Waals surface area (Å²) in [7, 11) is 0. The van der Waals surface area contributed by atoms with Gasteiger partial charge in [-0.15, -0.1) is 22.7 Å². The third-order valence-corrected chi connectivity index (χ3v) is 21.4. The van der Waals surface area contributed by atoms with Crippen LogP contribution in [0.3, 0.4) is 0 Å². The van der Waals surface area contributed by atoms with Gasteiger partial charge in [-0.25, -0.2) is 0 Å². The summed E-state index contributed by atoms with van der Waals surface area (Å²) in [5.74, 6) is 0. The Kier molecular flexibility index (Phi) is 10.2. The molecule has 3 heterocycles. The van der Waals surface area contributed by atoms with Crippen LogP contribution in [0, 0.1) is 13.8 Å². The van der Waals surface area contributed by atoms with Gasteiger partial charge < -0.3 is 14.2 Å². The third-order valence-electron chi connectivity index (χ3n) is 19.0. The van der Waals surface area contributed by atoms with E-state index in [4.69, 9.17) is 4.42 Å². The monoisotopic (exact) mass is 1120 g/mol. The molecule has 18 rings (SSSR count). The maximum atomic E-state index is 7.67. The summed E-state index contributed by atoms with van der Waals surface area (Å²) in [5.41, 5.74) is 19.9. The summed E-state index contributed by atoms with van der Waals surface area (Å²) in [4.78, 5) is 5.06. The van der Waals surface area contributed by atoms with E-state index in [-0.39, 0.29) is 5.41 Å². The standard InChI is InChI=1S/C80H54N2OS2/c1-47-35-39-49(40-36-47)81(66-30-17-24-57-53-20-8-15-33-70(53)84-77(57)66)51-43-44-56-60(45-51)52-19-5-6-22-55(52)73-74-65(80(75(56)73)63-28-12-10-26-61(63)79(3,4)62-27-11-13-29-64(62)80)46-68(72-59-23-7-14-32-69(59)83-76(72)74)82(50-41-37-48(2)38-42-50)67-31-18-25-58-54-21-9-16-34-71(54)85-78(58)67/h5-46H,1-4H3. The zero-order valence-electron chi connectivity index (χ0n) is 47.4. The second kappa shape index (κ2) is 17.9. The number of para-hydroxylation sites is 1. The quantitative estimate of drug-likeness (QED) is 0.155. The Morgan fingerprint density at radius 1 is 0.341 bits per heavy atom. The number of nitrogens with zero attached hydrogens (tertiary/aromatic N) is 2. The van der Waals surface area contributed by atoms with E-state index in [9.17, 15) is 0 Å². The van der Waals surface area contributed by atoms with Crippen LogP contribution in [0.25, 0.3) is 95.0 Å². The maximum Gasteiger partial charge on any atom is 0.145 e. The zero-order valence-corrected chi connectivity index (χ0v) is 49.0. The Labute approximate surface area is 500 Å². The smallest absolute Gasteiger partial charge is 0.145 e. The van der Waals surface area contributed by atoms with E-state index in [2.05, 4.69) is 292 Å². The molecule has 0 fully saturated rings. The molecule has 85 heavy (non-hydrogen) atoms. The number of furan rings is 1. The Bertz CT molecular complexity index is 5460. The first-order chi connectivity index (χ1) is 41.8. The minimum Gasteiger partial charge on any atom is -0.455 e. The van der Waals surface area contributed by atoms with Gasteiger partial charge in [0, 0.05) is 64.4 Å². The van der Waals surface area contributed by atoms with E-state index < -0.39 is 5.41 Å². The van der Waals surface area contributed by atoms with Gasteiger partial charge in [-0.2, -0.15) is 0 Å². The van der Waals surface area contributed by atoms with E-state index in [1.165, 1.54) is 112 Å². The summed E-state index contributed by atoms with van der Waals surface area (Å²) < 4.78 is 12.7. The molecule has 0 radical (unpaired) electrons. The van der Waals surface area contributed by atoms with Gasteiger partial charge in [0.15, 0.2) is 0 Å². The molecule has 0 amide bonds. The summed E-state index contributed by atoms with van der Waals surface area (Å²) in [5, 5.41) is 12.1. The molecule has 3 nitrogen and oxygen atoms in total. The van der Waals surface area contributed by atoms with Crippen LogP contribution in [0.15, 0.2) is 259 Å². The van der Waals surface area contributed by atoms with Crippen molar-refractivity contribution in [3.8, 4) is 11.1 Å². The molecule has 0 saturated carbocycles. The third kappa shape index (κ3) is 6.65. The molecule has 0 N–H and O–H groups in total. The highest BCUT2D eigenvalue weighted by atomic mass is 32.1. The molecule has 0 atom stereocenters. The van der Waals surface area contributed by atoms with Gasteiger partial charge in [0.25, 0.3) is 0 Å². The Hall–Kier alpha value is -9.78. The van der Waals surface area contributed by atoms with Gasteiger partial charge in [0.1, 0.15) is 11.2 Å². The SMILES string of the molecule is Cc1ccc(N(c2ccc3c4c(c5ccccc5c3c2)-c2c(cc(N(c3ccc(C)cc3)c3cccc5c3sc3ccccc35)c3c2oc2ccccc23)C42c3ccccc3C(C)(C)c3ccccc32)c2cccc3c2sc2ccccc23)cc1. The molecule has 5 heteroatoms. The van der Waals surface area contributed by atoms with E-state index in [0.29, 0.717) is 0 Å². The molecule has 0 aliphatic heterocycles. The fraction of sp³-hybridized carbons (Fsp3) is 0.0750. The lowest BCUT2D eigenvalue weighted by molar-refractivity contribution is 0.564. The van der Waals surface area contributed by atoms with E-state index in [0.717, 1.165) is 61.6 Å². The molecule has 0 saturated heterocycles. The van der Waals surface area contributed by atoms with Gasteiger partial charge in [0.05, 0.1) is 37.3 Å². The first kappa shape index (κ1) is 48.7. The van der Waals surface area contributed by atoms with Crippen LogP contribution < -0.4 is 9.80 Å². The lowest BCUT2D eigenvalue weighted by atomic mass is 9.55. The fourth-order valence-electron chi connectivity index (χ4n) is 15.3. The molecule has 402 valence electrons. The van der Waals surface area contributed by atoms with Crippen molar-refractivity contribution in [1.82, 2.24) is 0 Å². The largest absolute Gasteiger partial charge is 0.455 e. The fourth-order valence-corrected chi connectivity index (χ4v) is 17.7. The van der Waals surface area contributed by atoms with Crippen LogP contribution in [0.5, 0.6) is 0 Å². The maximum absolute atomic E-state index is 7.67. The van der Waals surface area contributed by atoms with Crippen molar-refractivity contribution in [3.63, 3.8) is 0 Å². The zero-order chi connectivity index (χ0) is 56.4. The summed E-state index contributed by atoms with van der Waals surface area (Å²) in [6, 6.07) is 96.3. The molecule has 16 aromatic rings. The predicted molar refractivity (Wildman–Crippen MR) is 363 cm³/mol. The topological polar surface area (TPSA) is 19.6 Å². The molecule has 2 aliphatic rings. The lowest BCUT2D eigenvalue weighted by Gasteiger charge is -2.47. The van der Waals surface area contributed by atoms with Crippen LogP contribution in [0.2, 0.25) is 0 Å². The number of hydrogen-bond donors (Lipinski definition) is 0. The van der Waals surface area contributed by atoms with Crippen molar-refractivity contribution in [3.05, 3.63) is 299 Å². The van der Waals surface area contributed by atoms with Crippen molar-refractivity contribution in [2.45, 2.75) is 38.5 Å². The number of benzene rings is 13. The highest BCUT2D eigenvalue weighted by Crippen LogP contribution is 2.68. The van der Waals surface area contributed by atoms with Gasteiger partial charge in [-0.05, 0) is 147 Å². The van der Waals surface area contributed by atoms with Crippen LogP contribution in [0.4, 0.5) is 34.1 Å². The highest BCUT2D eigenvalue weighted by molar-refractivity contribution is 7.26. The average molecular weight is 1120 g/mol. The second-order valence-electron chi connectivity index (χ2n) is 24.0. The number of anilines is 6. The van der Waals surface area contributed by atoms with Crippen LogP contribution in [-0.4, -0.2) is 0 Å². The average Bonchev–Trinajstić information content (AvgIpc) is 1.55. The molecule has 0 unspecified atom stereocenters. The Balaban J connectivity index is 1.01. The number of aryl methyl sites for hydroxylation is 2. The molecular weight excluding hydrogens is 1070 g/mol. The summed E-state index contributed by atoms with van der Waals surface area (Å²) in [6.07, 6.45) is 0.